The summed E-state index contributed by atoms with van der Waals surface area (Å²) in [5.74, 6) is 5.24. The highest BCUT2D eigenvalue weighted by Gasteiger charge is 1.92. The third-order valence-corrected chi connectivity index (χ3v) is 5.97. The molecule has 0 aliphatic heterocycles. The Bertz CT molecular complexity index is 87.2. The molecule has 0 spiro atoms. The van der Waals surface area contributed by atoms with Crippen LogP contribution in [0.1, 0.15) is 12.8 Å². The van der Waals surface area contributed by atoms with Crippen LogP contribution < -0.4 is 0 Å². The molecule has 5 heteroatoms. The lowest BCUT2D eigenvalue weighted by atomic mass is 10.6. The van der Waals surface area contributed by atoms with Gasteiger partial charge in [-0.25, -0.2) is 0 Å². The zero-order chi connectivity index (χ0) is 10.5. The van der Waals surface area contributed by atoms with E-state index in [-0.39, 0.29) is 0 Å². The summed E-state index contributed by atoms with van der Waals surface area (Å²) in [5.41, 5.74) is 0. The van der Waals surface area contributed by atoms with E-state index in [0.29, 0.717) is 0 Å². The summed E-state index contributed by atoms with van der Waals surface area (Å²) in [6, 6.07) is 0. The lowest BCUT2D eigenvalue weighted by Crippen LogP contribution is -1.87. The van der Waals surface area contributed by atoms with Crippen molar-refractivity contribution in [2.45, 2.75) is 12.8 Å². The average molecular weight is 289 g/mol. The highest BCUT2D eigenvalue weighted by atomic mass is 32.2. The van der Waals surface area contributed by atoms with Crippen molar-refractivity contribution in [2.24, 2.45) is 0 Å². The van der Waals surface area contributed by atoms with Gasteiger partial charge >= 0.3 is 0 Å². The molecule has 0 N–H and O–H groups in total. The van der Waals surface area contributed by atoms with E-state index in [1.165, 1.54) is 40.9 Å². The van der Waals surface area contributed by atoms with Gasteiger partial charge in [-0.05, 0) is 42.1 Å². The second-order valence-electron chi connectivity index (χ2n) is 2.67. The molecule has 0 atom stereocenters. The Morgan fingerprint density at radius 1 is 0.857 bits per heavy atom. The van der Waals surface area contributed by atoms with Crippen LogP contribution >= 0.6 is 59.7 Å². The van der Waals surface area contributed by atoms with Crippen LogP contribution in [0.4, 0.5) is 0 Å². The normalized spacial score (nSPS) is 10.7. The largest absolute Gasteiger partial charge is 0.168 e. The maximum absolute atomic E-state index is 4.16. The van der Waals surface area contributed by atoms with Gasteiger partial charge in [-0.1, -0.05) is 0 Å². The third-order valence-electron chi connectivity index (χ3n) is 1.47. The fourth-order valence-corrected chi connectivity index (χ4v) is 4.58. The Hall–Kier alpha value is 1.75. The van der Waals surface area contributed by atoms with Gasteiger partial charge in [0.15, 0.2) is 0 Å². The average Bonchev–Trinajstić information content (AvgIpc) is 2.21. The lowest BCUT2D eigenvalue weighted by Gasteiger charge is -2.01. The molecular weight excluding hydrogens is 268 g/mol. The number of thioether (sulfide) groups is 4. The fourth-order valence-electron chi connectivity index (χ4n) is 0.810. The second kappa shape index (κ2) is 14.8. The Balaban J connectivity index is 2.78. The van der Waals surface area contributed by atoms with Gasteiger partial charge in [-0.2, -0.15) is 59.7 Å². The van der Waals surface area contributed by atoms with Crippen molar-refractivity contribution in [3.8, 4) is 0 Å². The van der Waals surface area contributed by atoms with Crippen molar-refractivity contribution in [2.75, 3.05) is 39.4 Å². The first-order valence-corrected chi connectivity index (χ1v) is 10.2. The minimum atomic E-state index is 0.966. The van der Waals surface area contributed by atoms with Gasteiger partial charge in [-0.15, -0.1) is 0 Å². The predicted molar refractivity (Wildman–Crippen MR) is 83.7 cm³/mol. The van der Waals surface area contributed by atoms with E-state index >= 15 is 0 Å². The SMILES string of the molecule is CSCCCSCSCCCSCS. The molecule has 0 fully saturated rings. The van der Waals surface area contributed by atoms with E-state index in [1.54, 1.807) is 0 Å². The molecule has 0 radical (unpaired) electrons. The third kappa shape index (κ3) is 13.8. The Labute approximate surface area is 111 Å². The van der Waals surface area contributed by atoms with Crippen LogP contribution in [-0.4, -0.2) is 39.4 Å². The van der Waals surface area contributed by atoms with E-state index < -0.39 is 0 Å². The molecule has 0 saturated carbocycles. The zero-order valence-corrected chi connectivity index (χ0v) is 12.9. The minimum Gasteiger partial charge on any atom is -0.168 e. The van der Waals surface area contributed by atoms with E-state index in [2.05, 4.69) is 42.4 Å². The number of rotatable bonds is 11. The van der Waals surface area contributed by atoms with Gasteiger partial charge in [0.25, 0.3) is 0 Å². The van der Waals surface area contributed by atoms with Gasteiger partial charge in [-0.3, -0.25) is 0 Å². The molecule has 0 rings (SSSR count). The molecule has 0 amide bonds. The number of hydrogen-bond donors (Lipinski definition) is 1. The van der Waals surface area contributed by atoms with Crippen LogP contribution in [0.5, 0.6) is 0 Å². The summed E-state index contributed by atoms with van der Waals surface area (Å²) in [6.07, 6.45) is 4.88. The molecule has 0 heterocycles. The van der Waals surface area contributed by atoms with E-state index in [4.69, 9.17) is 0 Å². The van der Waals surface area contributed by atoms with Crippen molar-refractivity contribution >= 4 is 59.7 Å². The van der Waals surface area contributed by atoms with Gasteiger partial charge in [0.2, 0.25) is 0 Å². The molecule has 86 valence electrons. The second-order valence-corrected chi connectivity index (χ2v) is 8.08. The van der Waals surface area contributed by atoms with Crippen LogP contribution in [-0.2, 0) is 0 Å². The van der Waals surface area contributed by atoms with Crippen molar-refractivity contribution in [3.63, 3.8) is 0 Å². The zero-order valence-electron chi connectivity index (χ0n) is 8.74. The van der Waals surface area contributed by atoms with Crippen LogP contribution in [0, 0.1) is 0 Å². The number of thiol groups is 1. The molecule has 0 saturated heterocycles. The first kappa shape index (κ1) is 15.8. The predicted octanol–water partition coefficient (Wildman–Crippen LogP) is 4.17. The van der Waals surface area contributed by atoms with E-state index in [1.807, 2.05) is 23.5 Å². The first-order chi connectivity index (χ1) is 6.91. The molecule has 0 aromatic heterocycles. The molecule has 14 heavy (non-hydrogen) atoms. The Morgan fingerprint density at radius 3 is 2.00 bits per heavy atom. The van der Waals surface area contributed by atoms with Gasteiger partial charge in [0.05, 0.1) is 0 Å². The van der Waals surface area contributed by atoms with Gasteiger partial charge in [0.1, 0.15) is 0 Å². The minimum absolute atomic E-state index is 0.966. The van der Waals surface area contributed by atoms with Gasteiger partial charge in [0, 0.05) is 10.2 Å². The molecule has 0 aliphatic carbocycles. The first-order valence-electron chi connectivity index (χ1n) is 4.75. The van der Waals surface area contributed by atoms with Crippen LogP contribution in [0.2, 0.25) is 0 Å². The standard InChI is InChI=1S/C9H20S5/c1-11-4-2-6-13-9-14-7-3-5-12-8-10/h10H,2-9H2,1H3. The maximum Gasteiger partial charge on any atom is 0.0392 e. The summed E-state index contributed by atoms with van der Waals surface area (Å²) < 4.78 is 0. The molecule has 0 nitrogen and oxygen atoms in total. The van der Waals surface area contributed by atoms with Gasteiger partial charge < -0.3 is 0 Å². The van der Waals surface area contributed by atoms with Crippen molar-refractivity contribution < 1.29 is 0 Å². The molecule has 0 bridgehead atoms. The van der Waals surface area contributed by atoms with E-state index in [9.17, 15) is 0 Å². The van der Waals surface area contributed by atoms with Crippen LogP contribution in [0.15, 0.2) is 0 Å². The van der Waals surface area contributed by atoms with Crippen molar-refractivity contribution in [3.05, 3.63) is 0 Å². The highest BCUT2D eigenvalue weighted by Crippen LogP contribution is 2.15. The summed E-state index contributed by atoms with van der Waals surface area (Å²) in [5, 5.41) is 2.24. The Kier molecular flexibility index (Phi) is 16.6. The topological polar surface area (TPSA) is 0 Å². The maximum atomic E-state index is 4.16. The quantitative estimate of drug-likeness (QED) is 0.344. The Morgan fingerprint density at radius 2 is 1.43 bits per heavy atom. The monoisotopic (exact) mass is 288 g/mol. The van der Waals surface area contributed by atoms with Crippen LogP contribution in [0.3, 0.4) is 0 Å². The molecule has 0 aliphatic rings. The van der Waals surface area contributed by atoms with Crippen LogP contribution in [0.25, 0.3) is 0 Å². The summed E-state index contributed by atoms with van der Waals surface area (Å²) in [7, 11) is 0. The van der Waals surface area contributed by atoms with E-state index in [0.717, 1.165) is 5.08 Å². The smallest absolute Gasteiger partial charge is 0.0392 e. The highest BCUT2D eigenvalue weighted by molar-refractivity contribution is 8.16. The molecular formula is C9H20S5. The summed E-state index contributed by atoms with van der Waals surface area (Å²) in [4.78, 5) is 0. The molecule has 0 aromatic rings. The summed E-state index contributed by atoms with van der Waals surface area (Å²) in [6.45, 7) is 0. The lowest BCUT2D eigenvalue weighted by molar-refractivity contribution is 1.12. The molecule has 0 aromatic carbocycles. The number of hydrogen-bond acceptors (Lipinski definition) is 5. The summed E-state index contributed by atoms with van der Waals surface area (Å²) >= 11 is 12.2. The van der Waals surface area contributed by atoms with Crippen molar-refractivity contribution in [1.29, 1.82) is 0 Å². The molecule has 0 unspecified atom stereocenters. The fraction of sp³-hybridized carbons (Fsp3) is 1.00. The van der Waals surface area contributed by atoms with Crippen molar-refractivity contribution in [1.82, 2.24) is 0 Å².